The topological polar surface area (TPSA) is 75.6 Å². The number of thioether (sulfide) groups is 1. The number of rotatable bonds is 9. The number of amides is 1. The van der Waals surface area contributed by atoms with Crippen molar-refractivity contribution in [1.82, 2.24) is 5.32 Å². The molecule has 22 heavy (non-hydrogen) atoms. The Morgan fingerprint density at radius 3 is 2.41 bits per heavy atom. The number of carboxylic acid groups (broad SMARTS) is 1. The van der Waals surface area contributed by atoms with E-state index in [4.69, 9.17) is 4.74 Å². The largest absolute Gasteiger partial charge is 0.481 e. The number of carbonyl (C=O) groups excluding carboxylic acids is 1. The van der Waals surface area contributed by atoms with Gasteiger partial charge < -0.3 is 15.2 Å². The van der Waals surface area contributed by atoms with Crippen LogP contribution in [-0.2, 0) is 9.53 Å². The van der Waals surface area contributed by atoms with Gasteiger partial charge in [0.05, 0.1) is 5.41 Å². The van der Waals surface area contributed by atoms with Gasteiger partial charge in [0.15, 0.2) is 0 Å². The average Bonchev–Trinajstić information content (AvgIpc) is 3.17. The fourth-order valence-corrected chi connectivity index (χ4v) is 2.95. The second-order valence-electron chi connectivity index (χ2n) is 7.18. The van der Waals surface area contributed by atoms with Crippen molar-refractivity contribution in [3.8, 4) is 0 Å². The standard InChI is InChI=1S/C16H29NO4S/c1-15(2,3)21-14(20)17-11-16(13(18)19,8-5-9-22-4)10-12-6-7-12/h12H,5-11H2,1-4H3,(H,17,20)(H,18,19). The van der Waals surface area contributed by atoms with Gasteiger partial charge in [0.1, 0.15) is 5.60 Å². The molecule has 5 nitrogen and oxygen atoms in total. The van der Waals surface area contributed by atoms with Crippen molar-refractivity contribution in [1.29, 1.82) is 0 Å². The zero-order valence-corrected chi connectivity index (χ0v) is 14.9. The van der Waals surface area contributed by atoms with Crippen LogP contribution < -0.4 is 5.32 Å². The average molecular weight is 331 g/mol. The molecule has 2 N–H and O–H groups in total. The first-order chi connectivity index (χ1) is 10.2. The Kier molecular flexibility index (Phi) is 7.03. The smallest absolute Gasteiger partial charge is 0.407 e. The molecule has 0 bridgehead atoms. The number of hydrogen-bond donors (Lipinski definition) is 2. The zero-order valence-electron chi connectivity index (χ0n) is 14.1. The van der Waals surface area contributed by atoms with E-state index in [-0.39, 0.29) is 6.54 Å². The normalized spacial score (nSPS) is 17.6. The third-order valence-corrected chi connectivity index (χ3v) is 4.50. The van der Waals surface area contributed by atoms with Crippen molar-refractivity contribution in [3.05, 3.63) is 0 Å². The van der Waals surface area contributed by atoms with E-state index < -0.39 is 23.1 Å². The van der Waals surface area contributed by atoms with Gasteiger partial charge >= 0.3 is 12.1 Å². The lowest BCUT2D eigenvalue weighted by Crippen LogP contribution is -2.45. The summed E-state index contributed by atoms with van der Waals surface area (Å²) >= 11 is 1.72. The number of alkyl carbamates (subject to hydrolysis) is 1. The van der Waals surface area contributed by atoms with Crippen molar-refractivity contribution < 1.29 is 19.4 Å². The molecule has 1 rings (SSSR count). The van der Waals surface area contributed by atoms with Gasteiger partial charge in [-0.05, 0) is 58.0 Å². The highest BCUT2D eigenvalue weighted by Gasteiger charge is 2.43. The van der Waals surface area contributed by atoms with E-state index in [2.05, 4.69) is 5.32 Å². The Labute approximate surface area is 137 Å². The minimum Gasteiger partial charge on any atom is -0.481 e. The van der Waals surface area contributed by atoms with Crippen molar-refractivity contribution >= 4 is 23.8 Å². The summed E-state index contributed by atoms with van der Waals surface area (Å²) < 4.78 is 5.21. The van der Waals surface area contributed by atoms with Crippen molar-refractivity contribution in [2.75, 3.05) is 18.6 Å². The molecule has 1 aliphatic carbocycles. The Hall–Kier alpha value is -0.910. The minimum atomic E-state index is -0.867. The second-order valence-corrected chi connectivity index (χ2v) is 8.17. The van der Waals surface area contributed by atoms with Gasteiger partial charge in [-0.2, -0.15) is 11.8 Å². The molecule has 128 valence electrons. The molecule has 0 spiro atoms. The molecule has 1 aliphatic rings. The van der Waals surface area contributed by atoms with Crippen LogP contribution in [0.5, 0.6) is 0 Å². The van der Waals surface area contributed by atoms with E-state index in [1.165, 1.54) is 0 Å². The molecule has 6 heteroatoms. The van der Waals surface area contributed by atoms with Crippen molar-refractivity contribution in [2.45, 2.75) is 58.5 Å². The molecule has 0 saturated heterocycles. The number of carbonyl (C=O) groups is 2. The van der Waals surface area contributed by atoms with Gasteiger partial charge in [0.2, 0.25) is 0 Å². The molecular formula is C16H29NO4S. The van der Waals surface area contributed by atoms with Gasteiger partial charge in [0.25, 0.3) is 0 Å². The van der Waals surface area contributed by atoms with Crippen LogP contribution in [0, 0.1) is 11.3 Å². The number of aliphatic carboxylic acids is 1. The van der Waals surface area contributed by atoms with Crippen LogP contribution in [0.4, 0.5) is 4.79 Å². The molecule has 0 aromatic rings. The summed E-state index contributed by atoms with van der Waals surface area (Å²) in [5.74, 6) is 0.619. The lowest BCUT2D eigenvalue weighted by Gasteiger charge is -2.30. The van der Waals surface area contributed by atoms with Gasteiger partial charge in [-0.1, -0.05) is 12.8 Å². The summed E-state index contributed by atoms with van der Waals surface area (Å²) in [6.45, 7) is 5.52. The lowest BCUT2D eigenvalue weighted by atomic mass is 9.78. The Bertz CT molecular complexity index is 390. The van der Waals surface area contributed by atoms with E-state index in [1.807, 2.05) is 6.26 Å². The maximum atomic E-state index is 11.9. The molecular weight excluding hydrogens is 302 g/mol. The van der Waals surface area contributed by atoms with E-state index in [0.29, 0.717) is 18.8 Å². The third-order valence-electron chi connectivity index (χ3n) is 3.80. The van der Waals surface area contributed by atoms with Gasteiger partial charge in [0, 0.05) is 6.54 Å². The predicted octanol–water partition coefficient (Wildman–Crippen LogP) is 3.53. The number of hydrogen-bond acceptors (Lipinski definition) is 4. The molecule has 1 atom stereocenters. The quantitative estimate of drug-likeness (QED) is 0.632. The molecule has 1 unspecified atom stereocenters. The number of ether oxygens (including phenoxy) is 1. The van der Waals surface area contributed by atoms with Crippen molar-refractivity contribution in [2.24, 2.45) is 11.3 Å². The first-order valence-electron chi connectivity index (χ1n) is 7.88. The molecule has 0 aromatic heterocycles. The first-order valence-corrected chi connectivity index (χ1v) is 9.27. The van der Waals surface area contributed by atoms with Crippen LogP contribution in [0.2, 0.25) is 0 Å². The van der Waals surface area contributed by atoms with Crippen molar-refractivity contribution in [3.63, 3.8) is 0 Å². The van der Waals surface area contributed by atoms with E-state index in [9.17, 15) is 14.7 Å². The lowest BCUT2D eigenvalue weighted by molar-refractivity contribution is -0.150. The molecule has 1 saturated carbocycles. The summed E-state index contributed by atoms with van der Waals surface area (Å²) in [7, 11) is 0. The highest BCUT2D eigenvalue weighted by atomic mass is 32.2. The number of carboxylic acids is 1. The molecule has 1 fully saturated rings. The monoisotopic (exact) mass is 331 g/mol. The predicted molar refractivity (Wildman–Crippen MR) is 89.3 cm³/mol. The zero-order chi connectivity index (χ0) is 16.8. The maximum Gasteiger partial charge on any atom is 0.407 e. The molecule has 0 aliphatic heterocycles. The fraction of sp³-hybridized carbons (Fsp3) is 0.875. The number of nitrogens with one attached hydrogen (secondary N) is 1. The summed E-state index contributed by atoms with van der Waals surface area (Å²) in [5.41, 5.74) is -1.45. The van der Waals surface area contributed by atoms with Crippen LogP contribution in [0.25, 0.3) is 0 Å². The van der Waals surface area contributed by atoms with Crippen LogP contribution in [0.1, 0.15) is 52.9 Å². The SMILES string of the molecule is CSCCCC(CNC(=O)OC(C)(C)C)(CC1CC1)C(=O)O. The molecule has 0 radical (unpaired) electrons. The third kappa shape index (κ3) is 6.90. The Morgan fingerprint density at radius 1 is 1.32 bits per heavy atom. The summed E-state index contributed by atoms with van der Waals surface area (Å²) in [6, 6.07) is 0. The van der Waals surface area contributed by atoms with Crippen LogP contribution in [0.3, 0.4) is 0 Å². The Balaban J connectivity index is 2.66. The summed E-state index contributed by atoms with van der Waals surface area (Å²) in [6.07, 6.45) is 5.76. The van der Waals surface area contributed by atoms with Gasteiger partial charge in [-0.25, -0.2) is 4.79 Å². The van der Waals surface area contributed by atoms with Crippen LogP contribution >= 0.6 is 11.8 Å². The van der Waals surface area contributed by atoms with Crippen LogP contribution in [-0.4, -0.2) is 41.3 Å². The molecule has 0 heterocycles. The Morgan fingerprint density at radius 2 is 1.95 bits per heavy atom. The first kappa shape index (κ1) is 19.1. The second kappa shape index (κ2) is 8.09. The van der Waals surface area contributed by atoms with E-state index in [1.54, 1.807) is 32.5 Å². The van der Waals surface area contributed by atoms with Crippen LogP contribution in [0.15, 0.2) is 0 Å². The van der Waals surface area contributed by atoms with E-state index in [0.717, 1.165) is 25.0 Å². The fourth-order valence-electron chi connectivity index (χ4n) is 2.52. The highest BCUT2D eigenvalue weighted by molar-refractivity contribution is 7.98. The molecule has 1 amide bonds. The molecule has 0 aromatic carbocycles. The maximum absolute atomic E-state index is 11.9. The summed E-state index contributed by atoms with van der Waals surface area (Å²) in [5, 5.41) is 12.4. The highest BCUT2D eigenvalue weighted by Crippen LogP contribution is 2.43. The van der Waals surface area contributed by atoms with E-state index >= 15 is 0 Å². The summed E-state index contributed by atoms with van der Waals surface area (Å²) in [4.78, 5) is 23.7. The minimum absolute atomic E-state index is 0.141. The van der Waals surface area contributed by atoms with Gasteiger partial charge in [-0.15, -0.1) is 0 Å². The van der Waals surface area contributed by atoms with Gasteiger partial charge in [-0.3, -0.25) is 4.79 Å².